The van der Waals surface area contributed by atoms with E-state index < -0.39 is 10.0 Å². The number of sulfonamides is 1. The van der Waals surface area contributed by atoms with Crippen molar-refractivity contribution in [1.29, 1.82) is 0 Å². The minimum absolute atomic E-state index is 0.350. The lowest BCUT2D eigenvalue weighted by atomic mass is 10.0. The molecule has 0 aromatic heterocycles. The molecule has 0 radical (unpaired) electrons. The number of nitrogens with one attached hydrogen (secondary N) is 1. The second-order valence-corrected chi connectivity index (χ2v) is 6.60. The van der Waals surface area contributed by atoms with E-state index in [2.05, 4.69) is 25.5 Å². The molecular formula is C14H23NO2S. The molecule has 0 fully saturated rings. The number of rotatable bonds is 7. The van der Waals surface area contributed by atoms with Gasteiger partial charge in [-0.15, -0.1) is 0 Å². The van der Waals surface area contributed by atoms with Crippen molar-refractivity contribution in [3.05, 3.63) is 29.8 Å². The maximum Gasteiger partial charge on any atom is 0.240 e. The van der Waals surface area contributed by atoms with E-state index in [4.69, 9.17) is 0 Å². The predicted molar refractivity (Wildman–Crippen MR) is 75.2 cm³/mol. The van der Waals surface area contributed by atoms with Gasteiger partial charge in [-0.25, -0.2) is 13.1 Å². The first-order chi connectivity index (χ1) is 8.47. The summed E-state index contributed by atoms with van der Waals surface area (Å²) in [5.41, 5.74) is 1.15. The molecule has 0 saturated heterocycles. The van der Waals surface area contributed by atoms with Crippen LogP contribution in [-0.2, 0) is 10.0 Å². The summed E-state index contributed by atoms with van der Waals surface area (Å²) in [6, 6.07) is 7.12. The molecule has 4 heteroatoms. The fourth-order valence-corrected chi connectivity index (χ4v) is 2.77. The molecule has 0 aliphatic carbocycles. The van der Waals surface area contributed by atoms with E-state index in [9.17, 15) is 8.42 Å². The minimum atomic E-state index is -3.33. The normalized spacial score (nSPS) is 12.0. The molecule has 0 atom stereocenters. The van der Waals surface area contributed by atoms with Crippen molar-refractivity contribution in [1.82, 2.24) is 4.72 Å². The smallest absolute Gasteiger partial charge is 0.211 e. The molecule has 0 bridgehead atoms. The summed E-state index contributed by atoms with van der Waals surface area (Å²) < 4.78 is 26.6. The molecule has 0 unspecified atom stereocenters. The fraction of sp³-hybridized carbons (Fsp3) is 0.571. The first kappa shape index (κ1) is 15.2. The highest BCUT2D eigenvalue weighted by Crippen LogP contribution is 2.17. The summed E-state index contributed by atoms with van der Waals surface area (Å²) in [7, 11) is -3.33. The Morgan fingerprint density at radius 3 is 2.22 bits per heavy atom. The van der Waals surface area contributed by atoms with E-state index in [0.717, 1.165) is 24.8 Å². The first-order valence-corrected chi connectivity index (χ1v) is 8.05. The maximum absolute atomic E-state index is 12.0. The quantitative estimate of drug-likeness (QED) is 0.772. The first-order valence-electron chi connectivity index (χ1n) is 6.57. The summed E-state index contributed by atoms with van der Waals surface area (Å²) in [6.45, 7) is 6.79. The van der Waals surface area contributed by atoms with Crippen molar-refractivity contribution in [2.45, 2.75) is 50.8 Å². The van der Waals surface area contributed by atoms with Crippen LogP contribution in [0.5, 0.6) is 0 Å². The number of hydrogen-bond donors (Lipinski definition) is 1. The Bertz CT molecular complexity index is 449. The van der Waals surface area contributed by atoms with Crippen molar-refractivity contribution < 1.29 is 8.42 Å². The fourth-order valence-electron chi connectivity index (χ4n) is 1.70. The average Bonchev–Trinajstić information content (AvgIpc) is 2.35. The van der Waals surface area contributed by atoms with Crippen molar-refractivity contribution >= 4 is 10.0 Å². The molecule has 18 heavy (non-hydrogen) atoms. The van der Waals surface area contributed by atoms with Gasteiger partial charge in [-0.3, -0.25) is 0 Å². The highest BCUT2D eigenvalue weighted by molar-refractivity contribution is 7.89. The lowest BCUT2D eigenvalue weighted by Crippen LogP contribution is -2.24. The third-order valence-corrected chi connectivity index (χ3v) is 4.41. The Kier molecular flexibility index (Phi) is 5.82. The van der Waals surface area contributed by atoms with Crippen molar-refractivity contribution in [2.24, 2.45) is 0 Å². The van der Waals surface area contributed by atoms with Gasteiger partial charge < -0.3 is 0 Å². The summed E-state index contributed by atoms with van der Waals surface area (Å²) in [6.07, 6.45) is 3.03. The molecule has 0 saturated carbocycles. The zero-order valence-electron chi connectivity index (χ0n) is 11.4. The SMILES string of the molecule is CCCCCNS(=O)(=O)c1ccc(C(C)C)cc1. The highest BCUT2D eigenvalue weighted by Gasteiger charge is 2.13. The van der Waals surface area contributed by atoms with Gasteiger partial charge in [0.1, 0.15) is 0 Å². The Labute approximate surface area is 111 Å². The highest BCUT2D eigenvalue weighted by atomic mass is 32.2. The Morgan fingerprint density at radius 2 is 1.72 bits per heavy atom. The van der Waals surface area contributed by atoms with Crippen LogP contribution in [0.1, 0.15) is 51.5 Å². The molecule has 1 rings (SSSR count). The number of hydrogen-bond acceptors (Lipinski definition) is 2. The largest absolute Gasteiger partial charge is 0.240 e. The molecule has 3 nitrogen and oxygen atoms in total. The van der Waals surface area contributed by atoms with E-state index in [1.165, 1.54) is 0 Å². The van der Waals surface area contributed by atoms with Crippen LogP contribution in [0.15, 0.2) is 29.2 Å². The second kappa shape index (κ2) is 6.90. The van der Waals surface area contributed by atoms with Crippen LogP contribution >= 0.6 is 0 Å². The Morgan fingerprint density at radius 1 is 1.11 bits per heavy atom. The van der Waals surface area contributed by atoms with Gasteiger partial charge in [0.2, 0.25) is 10.0 Å². The van der Waals surface area contributed by atoms with Crippen LogP contribution in [-0.4, -0.2) is 15.0 Å². The molecular weight excluding hydrogens is 246 g/mol. The molecule has 0 heterocycles. The van der Waals surface area contributed by atoms with Crippen LogP contribution in [0.4, 0.5) is 0 Å². The van der Waals surface area contributed by atoms with Crippen molar-refractivity contribution in [3.63, 3.8) is 0 Å². The van der Waals surface area contributed by atoms with E-state index in [1.54, 1.807) is 12.1 Å². The Balaban J connectivity index is 2.67. The van der Waals surface area contributed by atoms with Crippen LogP contribution in [0.25, 0.3) is 0 Å². The summed E-state index contributed by atoms with van der Waals surface area (Å²) >= 11 is 0. The molecule has 0 spiro atoms. The van der Waals surface area contributed by atoms with Crippen molar-refractivity contribution in [2.75, 3.05) is 6.54 Å². The van der Waals surface area contributed by atoms with Crippen LogP contribution in [0.2, 0.25) is 0 Å². The van der Waals surface area contributed by atoms with E-state index in [0.29, 0.717) is 17.4 Å². The van der Waals surface area contributed by atoms with E-state index in [-0.39, 0.29) is 0 Å². The minimum Gasteiger partial charge on any atom is -0.211 e. The van der Waals surface area contributed by atoms with Gasteiger partial charge in [0, 0.05) is 6.54 Å². The van der Waals surface area contributed by atoms with Crippen LogP contribution in [0, 0.1) is 0 Å². The number of benzene rings is 1. The van der Waals surface area contributed by atoms with E-state index in [1.807, 2.05) is 12.1 Å². The van der Waals surface area contributed by atoms with Gasteiger partial charge in [0.05, 0.1) is 4.90 Å². The average molecular weight is 269 g/mol. The zero-order valence-corrected chi connectivity index (χ0v) is 12.3. The zero-order chi connectivity index (χ0) is 13.6. The summed E-state index contributed by atoms with van der Waals surface area (Å²) in [5, 5.41) is 0. The standard InChI is InChI=1S/C14H23NO2S/c1-4-5-6-11-15-18(16,17)14-9-7-13(8-10-14)12(2)3/h7-10,12,15H,4-6,11H2,1-3H3. The molecule has 1 aromatic rings. The Hall–Kier alpha value is -0.870. The molecule has 0 aliphatic heterocycles. The third-order valence-electron chi connectivity index (χ3n) is 2.93. The molecule has 0 aliphatic rings. The van der Waals surface area contributed by atoms with Gasteiger partial charge >= 0.3 is 0 Å². The van der Waals surface area contributed by atoms with Gasteiger partial charge in [-0.2, -0.15) is 0 Å². The van der Waals surface area contributed by atoms with E-state index >= 15 is 0 Å². The molecule has 1 aromatic carbocycles. The lowest BCUT2D eigenvalue weighted by Gasteiger charge is -2.09. The third kappa shape index (κ3) is 4.42. The predicted octanol–water partition coefficient (Wildman–Crippen LogP) is 3.28. The molecule has 102 valence electrons. The van der Waals surface area contributed by atoms with Gasteiger partial charge in [-0.1, -0.05) is 45.7 Å². The summed E-state index contributed by atoms with van der Waals surface area (Å²) in [5.74, 6) is 0.416. The van der Waals surface area contributed by atoms with Crippen LogP contribution in [0.3, 0.4) is 0 Å². The van der Waals surface area contributed by atoms with Crippen LogP contribution < -0.4 is 4.72 Å². The summed E-state index contributed by atoms with van der Waals surface area (Å²) in [4.78, 5) is 0.350. The van der Waals surface area contributed by atoms with Crippen molar-refractivity contribution in [3.8, 4) is 0 Å². The van der Waals surface area contributed by atoms with Gasteiger partial charge in [0.25, 0.3) is 0 Å². The van der Waals surface area contributed by atoms with Gasteiger partial charge in [0.15, 0.2) is 0 Å². The number of unbranched alkanes of at least 4 members (excludes halogenated alkanes) is 2. The lowest BCUT2D eigenvalue weighted by molar-refractivity contribution is 0.576. The second-order valence-electron chi connectivity index (χ2n) is 4.83. The molecule has 1 N–H and O–H groups in total. The van der Waals surface area contributed by atoms with Gasteiger partial charge in [-0.05, 0) is 30.0 Å². The monoisotopic (exact) mass is 269 g/mol. The maximum atomic E-state index is 12.0. The topological polar surface area (TPSA) is 46.2 Å². The molecule has 0 amide bonds.